The Hall–Kier alpha value is -3.45. The number of esters is 1. The Labute approximate surface area is 192 Å². The third-order valence-electron chi connectivity index (χ3n) is 6.10. The first-order chi connectivity index (χ1) is 16.0. The molecule has 2 aromatic heterocycles. The van der Waals surface area contributed by atoms with Crippen molar-refractivity contribution in [1.82, 2.24) is 9.88 Å². The molecule has 7 nitrogen and oxygen atoms in total. The summed E-state index contributed by atoms with van der Waals surface area (Å²) in [6, 6.07) is 11.3. The van der Waals surface area contributed by atoms with Gasteiger partial charge < -0.3 is 18.8 Å². The van der Waals surface area contributed by atoms with Crippen LogP contribution >= 0.6 is 0 Å². The number of carbonyl (C=O) groups is 2. The van der Waals surface area contributed by atoms with Gasteiger partial charge in [-0.1, -0.05) is 18.2 Å². The fourth-order valence-corrected chi connectivity index (χ4v) is 4.73. The van der Waals surface area contributed by atoms with Gasteiger partial charge in [0.1, 0.15) is 5.76 Å². The summed E-state index contributed by atoms with van der Waals surface area (Å²) >= 11 is 0. The van der Waals surface area contributed by atoms with Crippen LogP contribution in [0.2, 0.25) is 0 Å². The molecule has 33 heavy (non-hydrogen) atoms. The van der Waals surface area contributed by atoms with Crippen LogP contribution in [0.3, 0.4) is 0 Å². The van der Waals surface area contributed by atoms with Gasteiger partial charge in [-0.05, 0) is 62.1 Å². The van der Waals surface area contributed by atoms with E-state index in [2.05, 4.69) is 0 Å². The number of para-hydroxylation sites is 1. The minimum Gasteiger partial charge on any atom is -0.465 e. The number of morpholine rings is 1. The van der Waals surface area contributed by atoms with E-state index < -0.39 is 5.97 Å². The summed E-state index contributed by atoms with van der Waals surface area (Å²) < 4.78 is 16.7. The van der Waals surface area contributed by atoms with Gasteiger partial charge in [-0.3, -0.25) is 4.79 Å². The Morgan fingerprint density at radius 2 is 1.91 bits per heavy atom. The van der Waals surface area contributed by atoms with E-state index in [9.17, 15) is 9.59 Å². The second kappa shape index (κ2) is 8.83. The van der Waals surface area contributed by atoms with Gasteiger partial charge >= 0.3 is 5.97 Å². The molecule has 0 radical (unpaired) electrons. The molecule has 1 aliphatic carbocycles. The van der Waals surface area contributed by atoms with Crippen molar-refractivity contribution in [2.75, 3.05) is 19.7 Å². The highest BCUT2D eigenvalue weighted by Gasteiger charge is 2.30. The summed E-state index contributed by atoms with van der Waals surface area (Å²) in [4.78, 5) is 32.5. The molecule has 1 amide bonds. The second-order valence-corrected chi connectivity index (χ2v) is 8.65. The van der Waals surface area contributed by atoms with E-state index in [-0.39, 0.29) is 24.7 Å². The van der Waals surface area contributed by atoms with E-state index in [1.165, 1.54) is 0 Å². The highest BCUT2D eigenvalue weighted by atomic mass is 16.5. The highest BCUT2D eigenvalue weighted by molar-refractivity contribution is 6.07. The van der Waals surface area contributed by atoms with Gasteiger partial charge in [0.25, 0.3) is 5.91 Å². The maximum absolute atomic E-state index is 13.3. The lowest BCUT2D eigenvalue weighted by atomic mass is 10.0. The summed E-state index contributed by atoms with van der Waals surface area (Å²) in [5, 5.41) is 0.738. The Kier molecular flexibility index (Phi) is 5.72. The van der Waals surface area contributed by atoms with Gasteiger partial charge in [-0.2, -0.15) is 0 Å². The molecular weight excluding hydrogens is 420 g/mol. The fourth-order valence-electron chi connectivity index (χ4n) is 4.73. The Balaban J connectivity index is 1.43. The van der Waals surface area contributed by atoms with Crippen molar-refractivity contribution in [3.8, 4) is 0 Å². The molecular formula is C26H26N2O5. The molecule has 0 saturated carbocycles. The van der Waals surface area contributed by atoms with Gasteiger partial charge in [0, 0.05) is 18.5 Å². The molecule has 2 aliphatic rings. The number of rotatable bonds is 4. The summed E-state index contributed by atoms with van der Waals surface area (Å²) in [7, 11) is 0. The van der Waals surface area contributed by atoms with Crippen LogP contribution in [0.5, 0.6) is 0 Å². The lowest BCUT2D eigenvalue weighted by Gasteiger charge is -2.35. The second-order valence-electron chi connectivity index (χ2n) is 8.65. The van der Waals surface area contributed by atoms with E-state index in [1.54, 1.807) is 11.2 Å². The van der Waals surface area contributed by atoms with Gasteiger partial charge in [0.05, 0.1) is 35.2 Å². The summed E-state index contributed by atoms with van der Waals surface area (Å²) in [6.07, 6.45) is 4.94. The molecule has 5 rings (SSSR count). The Morgan fingerprint density at radius 1 is 1.12 bits per heavy atom. The Bertz CT molecular complexity index is 1220. The number of hydrogen-bond donors (Lipinski definition) is 0. The van der Waals surface area contributed by atoms with E-state index in [4.69, 9.17) is 18.9 Å². The van der Waals surface area contributed by atoms with Crippen molar-refractivity contribution in [3.05, 3.63) is 65.2 Å². The summed E-state index contributed by atoms with van der Waals surface area (Å²) in [5.41, 5.74) is 3.89. The molecule has 1 aliphatic heterocycles. The molecule has 0 bridgehead atoms. The van der Waals surface area contributed by atoms with Gasteiger partial charge in [-0.25, -0.2) is 9.78 Å². The molecule has 0 spiro atoms. The van der Waals surface area contributed by atoms with Crippen molar-refractivity contribution in [2.45, 2.75) is 38.9 Å². The third-order valence-corrected chi connectivity index (χ3v) is 6.10. The van der Waals surface area contributed by atoms with Crippen LogP contribution in [0.1, 0.15) is 47.6 Å². The van der Waals surface area contributed by atoms with E-state index in [0.717, 1.165) is 39.9 Å². The smallest absolute Gasteiger partial charge is 0.339 e. The summed E-state index contributed by atoms with van der Waals surface area (Å²) in [6.45, 7) is 4.56. The third kappa shape index (κ3) is 4.28. The van der Waals surface area contributed by atoms with Crippen molar-refractivity contribution < 1.29 is 23.5 Å². The van der Waals surface area contributed by atoms with Crippen molar-refractivity contribution >= 4 is 34.4 Å². The van der Waals surface area contributed by atoms with Crippen LogP contribution in [0, 0.1) is 0 Å². The van der Waals surface area contributed by atoms with E-state index in [0.29, 0.717) is 25.1 Å². The number of nitrogens with zero attached hydrogens (tertiary/aromatic N) is 2. The molecule has 1 fully saturated rings. The van der Waals surface area contributed by atoms with E-state index in [1.807, 2.05) is 56.3 Å². The molecule has 1 aromatic carbocycles. The van der Waals surface area contributed by atoms with Crippen LogP contribution in [-0.4, -0.2) is 53.7 Å². The van der Waals surface area contributed by atoms with E-state index >= 15 is 0 Å². The summed E-state index contributed by atoms with van der Waals surface area (Å²) in [5.74, 6) is 0.0436. The van der Waals surface area contributed by atoms with Crippen LogP contribution in [0.15, 0.2) is 47.1 Å². The van der Waals surface area contributed by atoms with Crippen molar-refractivity contribution in [2.24, 2.45) is 0 Å². The average molecular weight is 447 g/mol. The number of ether oxygens (including phenoxy) is 2. The normalized spacial score (nSPS) is 21.4. The molecule has 3 aromatic rings. The SMILES string of the molecule is CC1CN(C(=O)COC(=O)c2c3c(nc4ccccc24)/C(=C/c2ccco2)CC3)CC(C)O1. The number of furan rings is 1. The number of pyridine rings is 1. The Morgan fingerprint density at radius 3 is 2.67 bits per heavy atom. The number of amides is 1. The maximum Gasteiger partial charge on any atom is 0.339 e. The van der Waals surface area contributed by atoms with Crippen LogP contribution in [0.25, 0.3) is 22.6 Å². The quantitative estimate of drug-likeness (QED) is 0.561. The molecule has 1 saturated heterocycles. The number of allylic oxidation sites excluding steroid dienone is 1. The molecule has 170 valence electrons. The first-order valence-electron chi connectivity index (χ1n) is 11.3. The lowest BCUT2D eigenvalue weighted by molar-refractivity contribution is -0.146. The van der Waals surface area contributed by atoms with Gasteiger partial charge in [0.15, 0.2) is 6.61 Å². The van der Waals surface area contributed by atoms with Gasteiger partial charge in [0.2, 0.25) is 0 Å². The highest BCUT2D eigenvalue weighted by Crippen LogP contribution is 2.37. The molecule has 3 heterocycles. The zero-order chi connectivity index (χ0) is 22.9. The topological polar surface area (TPSA) is 81.9 Å². The first-order valence-corrected chi connectivity index (χ1v) is 11.3. The predicted molar refractivity (Wildman–Crippen MR) is 124 cm³/mol. The predicted octanol–water partition coefficient (Wildman–Crippen LogP) is 4.11. The number of carbonyl (C=O) groups excluding carboxylic acids is 2. The first kappa shape index (κ1) is 21.4. The molecule has 7 heteroatoms. The zero-order valence-electron chi connectivity index (χ0n) is 18.7. The monoisotopic (exact) mass is 446 g/mol. The number of fused-ring (bicyclic) bond motifs is 2. The number of benzene rings is 1. The average Bonchev–Trinajstić information content (AvgIpc) is 3.45. The molecule has 2 unspecified atom stereocenters. The molecule has 0 N–H and O–H groups in total. The van der Waals surface area contributed by atoms with Crippen molar-refractivity contribution in [3.63, 3.8) is 0 Å². The number of hydrogen-bond acceptors (Lipinski definition) is 6. The zero-order valence-corrected chi connectivity index (χ0v) is 18.7. The van der Waals surface area contributed by atoms with Crippen LogP contribution < -0.4 is 0 Å². The van der Waals surface area contributed by atoms with Crippen LogP contribution in [-0.2, 0) is 20.7 Å². The maximum atomic E-state index is 13.3. The minimum absolute atomic E-state index is 0.0415. The molecule has 2 atom stereocenters. The lowest BCUT2D eigenvalue weighted by Crippen LogP contribution is -2.49. The van der Waals surface area contributed by atoms with Gasteiger partial charge in [-0.15, -0.1) is 0 Å². The largest absolute Gasteiger partial charge is 0.465 e. The van der Waals surface area contributed by atoms with Crippen LogP contribution in [0.4, 0.5) is 0 Å². The number of aromatic nitrogens is 1. The minimum atomic E-state index is -0.494. The fraction of sp³-hybridized carbons (Fsp3) is 0.346. The standard InChI is InChI=1S/C26H26N2O5/c1-16-13-28(14-17(2)33-16)23(29)15-32-26(30)24-20-7-3-4-8-22(20)27-25-18(9-10-21(24)25)12-19-6-5-11-31-19/h3-8,11-12,16-17H,9-10,13-15H2,1-2H3/b18-12+. The van der Waals surface area contributed by atoms with Crippen molar-refractivity contribution in [1.29, 1.82) is 0 Å².